The number of hydrogen-bond donors (Lipinski definition) is 1. The fourth-order valence-electron chi connectivity index (χ4n) is 2.08. The molecule has 1 fully saturated rings. The molecule has 1 aliphatic carbocycles. The van der Waals surface area contributed by atoms with Gasteiger partial charge in [-0.1, -0.05) is 23.9 Å². The number of aromatic nitrogens is 3. The van der Waals surface area contributed by atoms with Crippen LogP contribution in [0, 0.1) is 0 Å². The maximum atomic E-state index is 12.0. The number of rotatable bonds is 6. The number of nitrogens with one attached hydrogen (secondary N) is 1. The van der Waals surface area contributed by atoms with Gasteiger partial charge >= 0.3 is 0 Å². The second-order valence-electron chi connectivity index (χ2n) is 5.23. The van der Waals surface area contributed by atoms with Crippen molar-refractivity contribution in [3.8, 4) is 0 Å². The molecule has 0 radical (unpaired) electrons. The molecule has 0 saturated heterocycles. The van der Waals surface area contributed by atoms with Gasteiger partial charge in [0.15, 0.2) is 10.9 Å². The van der Waals surface area contributed by atoms with Gasteiger partial charge in [0.1, 0.15) is 6.33 Å². The van der Waals surface area contributed by atoms with Crippen LogP contribution in [0.4, 0.5) is 5.69 Å². The Morgan fingerprint density at radius 3 is 2.95 bits per heavy atom. The molecule has 1 saturated carbocycles. The zero-order chi connectivity index (χ0) is 15.5. The second kappa shape index (κ2) is 6.31. The molecular formula is C15H16N4O2S. The number of amides is 1. The van der Waals surface area contributed by atoms with Crippen molar-refractivity contribution in [1.29, 1.82) is 0 Å². The van der Waals surface area contributed by atoms with E-state index in [4.69, 9.17) is 0 Å². The van der Waals surface area contributed by atoms with Crippen LogP contribution in [0.1, 0.15) is 36.2 Å². The molecule has 1 N–H and O–H groups in total. The van der Waals surface area contributed by atoms with Crippen LogP contribution in [-0.4, -0.2) is 32.2 Å². The van der Waals surface area contributed by atoms with Gasteiger partial charge in [-0.15, -0.1) is 10.2 Å². The van der Waals surface area contributed by atoms with Crippen molar-refractivity contribution < 1.29 is 9.59 Å². The van der Waals surface area contributed by atoms with Gasteiger partial charge in [0.2, 0.25) is 5.91 Å². The third kappa shape index (κ3) is 3.54. The van der Waals surface area contributed by atoms with E-state index in [9.17, 15) is 9.59 Å². The van der Waals surface area contributed by atoms with Gasteiger partial charge in [-0.2, -0.15) is 0 Å². The van der Waals surface area contributed by atoms with Crippen molar-refractivity contribution >= 4 is 29.1 Å². The number of thioether (sulfide) groups is 1. The standard InChI is InChI=1S/C15H16N4O2S/c1-10(20)11-3-2-4-12(7-11)17-14(21)8-22-15-18-16-9-19(15)13-5-6-13/h2-4,7,9,13H,5-6,8H2,1H3,(H,17,21). The SMILES string of the molecule is CC(=O)c1cccc(NC(=O)CSc2nncn2C2CC2)c1. The molecule has 22 heavy (non-hydrogen) atoms. The normalized spacial score (nSPS) is 13.9. The van der Waals surface area contributed by atoms with Gasteiger partial charge in [0.05, 0.1) is 5.75 Å². The van der Waals surface area contributed by atoms with Crippen LogP contribution in [-0.2, 0) is 4.79 Å². The Hall–Kier alpha value is -2.15. The lowest BCUT2D eigenvalue weighted by Crippen LogP contribution is -2.14. The van der Waals surface area contributed by atoms with E-state index in [1.165, 1.54) is 18.7 Å². The average Bonchev–Trinajstić information content (AvgIpc) is 3.24. The number of carbonyl (C=O) groups excluding carboxylic acids is 2. The Balaban J connectivity index is 1.57. The maximum absolute atomic E-state index is 12.0. The van der Waals surface area contributed by atoms with Crippen LogP contribution < -0.4 is 5.32 Å². The predicted octanol–water partition coefficient (Wildman–Crippen LogP) is 2.55. The highest BCUT2D eigenvalue weighted by Crippen LogP contribution is 2.37. The van der Waals surface area contributed by atoms with Crippen LogP contribution >= 0.6 is 11.8 Å². The van der Waals surface area contributed by atoms with Gasteiger partial charge < -0.3 is 9.88 Å². The first-order valence-electron chi connectivity index (χ1n) is 7.06. The van der Waals surface area contributed by atoms with Crippen molar-refractivity contribution in [3.05, 3.63) is 36.2 Å². The number of ketones is 1. The van der Waals surface area contributed by atoms with Crippen LogP contribution in [0.5, 0.6) is 0 Å². The fraction of sp³-hybridized carbons (Fsp3) is 0.333. The first kappa shape index (κ1) is 14.8. The van der Waals surface area contributed by atoms with E-state index in [2.05, 4.69) is 15.5 Å². The average molecular weight is 316 g/mol. The molecule has 0 bridgehead atoms. The topological polar surface area (TPSA) is 76.9 Å². The minimum absolute atomic E-state index is 0.0250. The fourth-order valence-corrected chi connectivity index (χ4v) is 2.86. The van der Waals surface area contributed by atoms with Crippen LogP contribution in [0.3, 0.4) is 0 Å². The summed E-state index contributed by atoms with van der Waals surface area (Å²) in [6.45, 7) is 1.50. The number of anilines is 1. The largest absolute Gasteiger partial charge is 0.325 e. The molecule has 3 rings (SSSR count). The molecular weight excluding hydrogens is 300 g/mol. The summed E-state index contributed by atoms with van der Waals surface area (Å²) in [5.41, 5.74) is 1.21. The lowest BCUT2D eigenvalue weighted by Gasteiger charge is -2.07. The summed E-state index contributed by atoms with van der Waals surface area (Å²) in [5.74, 6) is 0.106. The molecule has 0 atom stereocenters. The number of carbonyl (C=O) groups is 2. The van der Waals surface area contributed by atoms with E-state index < -0.39 is 0 Å². The first-order chi connectivity index (χ1) is 10.6. The molecule has 1 aromatic heterocycles. The molecule has 1 aromatic carbocycles. The molecule has 0 aliphatic heterocycles. The van der Waals surface area contributed by atoms with E-state index in [0.717, 1.165) is 18.0 Å². The minimum Gasteiger partial charge on any atom is -0.325 e. The Labute approximate surface area is 132 Å². The summed E-state index contributed by atoms with van der Waals surface area (Å²) in [6.07, 6.45) is 4.01. The van der Waals surface area contributed by atoms with E-state index in [0.29, 0.717) is 17.3 Å². The highest BCUT2D eigenvalue weighted by Gasteiger charge is 2.26. The number of benzene rings is 1. The van der Waals surface area contributed by atoms with Crippen LogP contribution in [0.15, 0.2) is 35.7 Å². The zero-order valence-corrected chi connectivity index (χ0v) is 13.0. The molecule has 2 aromatic rings. The number of nitrogens with zero attached hydrogens (tertiary/aromatic N) is 3. The highest BCUT2D eigenvalue weighted by atomic mass is 32.2. The summed E-state index contributed by atoms with van der Waals surface area (Å²) < 4.78 is 2.02. The predicted molar refractivity (Wildman–Crippen MR) is 84.1 cm³/mol. The lowest BCUT2D eigenvalue weighted by molar-refractivity contribution is -0.113. The second-order valence-corrected chi connectivity index (χ2v) is 6.17. The Morgan fingerprint density at radius 1 is 1.41 bits per heavy atom. The summed E-state index contributed by atoms with van der Waals surface area (Å²) in [4.78, 5) is 23.3. The van der Waals surface area contributed by atoms with Crippen molar-refractivity contribution in [1.82, 2.24) is 14.8 Å². The zero-order valence-electron chi connectivity index (χ0n) is 12.2. The molecule has 7 heteroatoms. The summed E-state index contributed by atoms with van der Waals surface area (Å²) in [7, 11) is 0. The van der Waals surface area contributed by atoms with Crippen molar-refractivity contribution in [2.75, 3.05) is 11.1 Å². The van der Waals surface area contributed by atoms with Gasteiger partial charge in [-0.25, -0.2) is 0 Å². The molecule has 1 heterocycles. The van der Waals surface area contributed by atoms with Crippen molar-refractivity contribution in [2.45, 2.75) is 31.0 Å². The smallest absolute Gasteiger partial charge is 0.234 e. The Morgan fingerprint density at radius 2 is 2.23 bits per heavy atom. The summed E-state index contributed by atoms with van der Waals surface area (Å²) in [6, 6.07) is 7.42. The molecule has 0 spiro atoms. The van der Waals surface area contributed by atoms with E-state index in [1.807, 2.05) is 4.57 Å². The van der Waals surface area contributed by atoms with Crippen LogP contribution in [0.25, 0.3) is 0 Å². The van der Waals surface area contributed by atoms with Crippen LogP contribution in [0.2, 0.25) is 0 Å². The van der Waals surface area contributed by atoms with E-state index in [1.54, 1.807) is 30.6 Å². The van der Waals surface area contributed by atoms with E-state index >= 15 is 0 Å². The third-order valence-electron chi connectivity index (χ3n) is 3.37. The number of Topliss-reactive ketones (excluding diaryl/α,β-unsaturated/α-hetero) is 1. The monoisotopic (exact) mass is 316 g/mol. The first-order valence-corrected chi connectivity index (χ1v) is 8.05. The van der Waals surface area contributed by atoms with E-state index in [-0.39, 0.29) is 17.4 Å². The van der Waals surface area contributed by atoms with Crippen molar-refractivity contribution in [2.24, 2.45) is 0 Å². The molecule has 0 unspecified atom stereocenters. The highest BCUT2D eigenvalue weighted by molar-refractivity contribution is 7.99. The summed E-state index contributed by atoms with van der Waals surface area (Å²) in [5, 5.41) is 11.5. The molecule has 1 aliphatic rings. The number of hydrogen-bond acceptors (Lipinski definition) is 5. The van der Waals surface area contributed by atoms with Gasteiger partial charge in [-0.3, -0.25) is 9.59 Å². The molecule has 6 nitrogen and oxygen atoms in total. The molecule has 1 amide bonds. The molecule has 114 valence electrons. The quantitative estimate of drug-likeness (QED) is 0.654. The third-order valence-corrected chi connectivity index (χ3v) is 4.32. The van der Waals surface area contributed by atoms with Crippen molar-refractivity contribution in [3.63, 3.8) is 0 Å². The Bertz CT molecular complexity index is 709. The van der Waals surface area contributed by atoms with Gasteiger partial charge in [0, 0.05) is 17.3 Å². The van der Waals surface area contributed by atoms with Gasteiger partial charge in [0.25, 0.3) is 0 Å². The summed E-state index contributed by atoms with van der Waals surface area (Å²) >= 11 is 1.37. The maximum Gasteiger partial charge on any atom is 0.234 e. The minimum atomic E-state index is -0.129. The van der Waals surface area contributed by atoms with Gasteiger partial charge in [-0.05, 0) is 31.9 Å². The lowest BCUT2D eigenvalue weighted by atomic mass is 10.1. The Kier molecular flexibility index (Phi) is 4.24.